The topological polar surface area (TPSA) is 15.3 Å². The predicted molar refractivity (Wildman–Crippen MR) is 80.1 cm³/mol. The quantitative estimate of drug-likeness (QED) is 0.924. The van der Waals surface area contributed by atoms with E-state index in [1.165, 1.54) is 17.7 Å². The lowest BCUT2D eigenvalue weighted by Crippen LogP contribution is -2.26. The maximum atomic E-state index is 13.2. The minimum atomic E-state index is -0.545. The van der Waals surface area contributed by atoms with Crippen molar-refractivity contribution in [1.82, 2.24) is 4.90 Å². The number of anilines is 1. The molecule has 2 aromatic rings. The molecule has 0 aromatic heterocycles. The summed E-state index contributed by atoms with van der Waals surface area (Å²) in [5, 5.41) is 3.22. The summed E-state index contributed by atoms with van der Waals surface area (Å²) in [6.45, 7) is 2.79. The second kappa shape index (κ2) is 6.22. The lowest BCUT2D eigenvalue weighted by molar-refractivity contribution is 0.328. The number of rotatable bonds is 4. The first-order valence-electron chi connectivity index (χ1n) is 7.18. The fourth-order valence-corrected chi connectivity index (χ4v) is 2.81. The smallest absolute Gasteiger partial charge is 0.128 e. The van der Waals surface area contributed by atoms with Crippen molar-refractivity contribution in [3.63, 3.8) is 0 Å². The van der Waals surface area contributed by atoms with Crippen molar-refractivity contribution in [1.29, 1.82) is 0 Å². The van der Waals surface area contributed by atoms with Crippen LogP contribution in [0.1, 0.15) is 12.0 Å². The molecule has 1 heterocycles. The first-order chi connectivity index (χ1) is 10.2. The van der Waals surface area contributed by atoms with E-state index in [0.29, 0.717) is 5.69 Å². The summed E-state index contributed by atoms with van der Waals surface area (Å²) < 4.78 is 26.4. The van der Waals surface area contributed by atoms with E-state index in [0.717, 1.165) is 32.1 Å². The van der Waals surface area contributed by atoms with Crippen molar-refractivity contribution < 1.29 is 8.78 Å². The van der Waals surface area contributed by atoms with Crippen molar-refractivity contribution in [3.8, 4) is 0 Å². The number of likely N-dealkylation sites (tertiary alicyclic amines) is 1. The lowest BCUT2D eigenvalue weighted by Gasteiger charge is -2.17. The molecule has 3 rings (SSSR count). The van der Waals surface area contributed by atoms with Crippen LogP contribution in [0.15, 0.2) is 48.5 Å². The number of halogens is 2. The summed E-state index contributed by atoms with van der Waals surface area (Å²) in [5.74, 6) is -1.09. The van der Waals surface area contributed by atoms with Gasteiger partial charge >= 0.3 is 0 Å². The molecule has 1 unspecified atom stereocenters. The van der Waals surface area contributed by atoms with Gasteiger partial charge in [-0.15, -0.1) is 0 Å². The Kier molecular flexibility index (Phi) is 4.15. The van der Waals surface area contributed by atoms with Gasteiger partial charge in [0.05, 0.1) is 0 Å². The Bertz CT molecular complexity index is 581. The van der Waals surface area contributed by atoms with Gasteiger partial charge in [0.25, 0.3) is 0 Å². The van der Waals surface area contributed by atoms with Crippen molar-refractivity contribution in [3.05, 3.63) is 65.7 Å². The molecule has 1 saturated heterocycles. The Hall–Kier alpha value is -1.94. The van der Waals surface area contributed by atoms with Gasteiger partial charge in [-0.05, 0) is 24.1 Å². The fraction of sp³-hybridized carbons (Fsp3) is 0.294. The lowest BCUT2D eigenvalue weighted by atomic mass is 10.2. The number of hydrogen-bond donors (Lipinski definition) is 1. The first kappa shape index (κ1) is 14.0. The predicted octanol–water partition coefficient (Wildman–Crippen LogP) is 3.65. The molecule has 4 heteroatoms. The van der Waals surface area contributed by atoms with Crippen LogP contribution in [0, 0.1) is 11.6 Å². The number of nitrogens with one attached hydrogen (secondary N) is 1. The third kappa shape index (κ3) is 3.79. The maximum Gasteiger partial charge on any atom is 0.128 e. The van der Waals surface area contributed by atoms with Gasteiger partial charge in [-0.25, -0.2) is 8.78 Å². The number of benzene rings is 2. The van der Waals surface area contributed by atoms with Crippen LogP contribution in [0.2, 0.25) is 0 Å². The van der Waals surface area contributed by atoms with E-state index in [2.05, 4.69) is 22.3 Å². The van der Waals surface area contributed by atoms with Crippen molar-refractivity contribution in [2.75, 3.05) is 18.4 Å². The molecule has 1 fully saturated rings. The molecule has 110 valence electrons. The maximum absolute atomic E-state index is 13.2. The average molecular weight is 288 g/mol. The fourth-order valence-electron chi connectivity index (χ4n) is 2.81. The third-order valence-corrected chi connectivity index (χ3v) is 3.75. The summed E-state index contributed by atoms with van der Waals surface area (Å²) in [5.41, 5.74) is 1.80. The number of nitrogens with zero attached hydrogens (tertiary/aromatic N) is 1. The molecule has 1 atom stereocenters. The molecule has 0 spiro atoms. The summed E-state index contributed by atoms with van der Waals surface area (Å²) in [4.78, 5) is 2.35. The molecule has 0 aliphatic carbocycles. The summed E-state index contributed by atoms with van der Waals surface area (Å²) in [6, 6.07) is 14.1. The Morgan fingerprint density at radius 3 is 2.48 bits per heavy atom. The molecular formula is C17H18F2N2. The molecule has 21 heavy (non-hydrogen) atoms. The van der Waals surface area contributed by atoms with E-state index < -0.39 is 11.6 Å². The zero-order valence-electron chi connectivity index (χ0n) is 11.7. The van der Waals surface area contributed by atoms with Crippen LogP contribution >= 0.6 is 0 Å². The highest BCUT2D eigenvalue weighted by molar-refractivity contribution is 5.44. The van der Waals surface area contributed by atoms with E-state index in [1.807, 2.05) is 18.2 Å². The van der Waals surface area contributed by atoms with Crippen LogP contribution in [-0.2, 0) is 6.54 Å². The normalized spacial score (nSPS) is 18.9. The van der Waals surface area contributed by atoms with Gasteiger partial charge < -0.3 is 5.32 Å². The monoisotopic (exact) mass is 288 g/mol. The second-order valence-corrected chi connectivity index (χ2v) is 5.51. The highest BCUT2D eigenvalue weighted by Crippen LogP contribution is 2.19. The zero-order chi connectivity index (χ0) is 14.7. The van der Waals surface area contributed by atoms with E-state index in [1.54, 1.807) is 0 Å². The second-order valence-electron chi connectivity index (χ2n) is 5.51. The van der Waals surface area contributed by atoms with Crippen molar-refractivity contribution in [2.24, 2.45) is 0 Å². The van der Waals surface area contributed by atoms with Crippen LogP contribution in [0.25, 0.3) is 0 Å². The Morgan fingerprint density at radius 2 is 1.76 bits per heavy atom. The van der Waals surface area contributed by atoms with Crippen LogP contribution < -0.4 is 5.32 Å². The van der Waals surface area contributed by atoms with Crippen LogP contribution in [0.3, 0.4) is 0 Å². The average Bonchev–Trinajstić information content (AvgIpc) is 2.86. The highest BCUT2D eigenvalue weighted by atomic mass is 19.1. The Labute approximate surface area is 123 Å². The summed E-state index contributed by atoms with van der Waals surface area (Å²) in [7, 11) is 0. The summed E-state index contributed by atoms with van der Waals surface area (Å²) >= 11 is 0. The molecule has 0 radical (unpaired) electrons. The van der Waals surface area contributed by atoms with Crippen LogP contribution in [0.5, 0.6) is 0 Å². The zero-order valence-corrected chi connectivity index (χ0v) is 11.7. The molecule has 0 amide bonds. The Balaban J connectivity index is 1.57. The number of hydrogen-bond acceptors (Lipinski definition) is 2. The Morgan fingerprint density at radius 1 is 1.05 bits per heavy atom. The molecule has 2 aromatic carbocycles. The minimum Gasteiger partial charge on any atom is -0.381 e. The first-order valence-corrected chi connectivity index (χ1v) is 7.18. The van der Waals surface area contributed by atoms with Gasteiger partial charge in [-0.3, -0.25) is 4.90 Å². The van der Waals surface area contributed by atoms with Crippen LogP contribution in [0.4, 0.5) is 14.5 Å². The SMILES string of the molecule is Fc1cc(F)cc(NC2CCN(Cc3ccccc3)C2)c1. The van der Waals surface area contributed by atoms with Gasteiger partial charge in [0.15, 0.2) is 0 Å². The van der Waals surface area contributed by atoms with E-state index in [9.17, 15) is 8.78 Å². The van der Waals surface area contributed by atoms with E-state index in [4.69, 9.17) is 0 Å². The standard InChI is InChI=1S/C17H18F2N2/c18-14-8-15(19)10-17(9-14)20-16-6-7-21(12-16)11-13-4-2-1-3-5-13/h1-5,8-10,16,20H,6-7,11-12H2. The molecule has 1 N–H and O–H groups in total. The third-order valence-electron chi connectivity index (χ3n) is 3.75. The molecular weight excluding hydrogens is 270 g/mol. The molecule has 0 bridgehead atoms. The van der Waals surface area contributed by atoms with E-state index >= 15 is 0 Å². The van der Waals surface area contributed by atoms with Crippen molar-refractivity contribution in [2.45, 2.75) is 19.0 Å². The molecule has 0 saturated carbocycles. The largest absolute Gasteiger partial charge is 0.381 e. The molecule has 2 nitrogen and oxygen atoms in total. The van der Waals surface area contributed by atoms with Gasteiger partial charge in [0, 0.05) is 37.4 Å². The highest BCUT2D eigenvalue weighted by Gasteiger charge is 2.22. The van der Waals surface area contributed by atoms with Gasteiger partial charge in [-0.2, -0.15) is 0 Å². The molecule has 1 aliphatic heterocycles. The van der Waals surface area contributed by atoms with Crippen LogP contribution in [-0.4, -0.2) is 24.0 Å². The molecule has 1 aliphatic rings. The van der Waals surface area contributed by atoms with Gasteiger partial charge in [-0.1, -0.05) is 30.3 Å². The van der Waals surface area contributed by atoms with Gasteiger partial charge in [0.2, 0.25) is 0 Å². The van der Waals surface area contributed by atoms with Crippen molar-refractivity contribution >= 4 is 5.69 Å². The van der Waals surface area contributed by atoms with E-state index in [-0.39, 0.29) is 6.04 Å². The summed E-state index contributed by atoms with van der Waals surface area (Å²) in [6.07, 6.45) is 0.977. The van der Waals surface area contributed by atoms with Gasteiger partial charge in [0.1, 0.15) is 11.6 Å². The minimum absolute atomic E-state index is 0.231.